The molecule has 10 heteroatoms. The standard InChI is InChI=1S/C23H22N4O6/c1-14-12-17-20(25-14)24-13-27(22(17)30)11-10-15-4-6-16(7-5-15)21(29)26-18(23(31)33-3)8-9-19(28)32-2/h4-7,12-13,18,30H,8-9H2,1-3H3,(H,26,29)/t18-/m0/s1. The van der Waals surface area contributed by atoms with Crippen LogP contribution in [0.15, 0.2) is 36.7 Å². The average molecular weight is 450 g/mol. The fourth-order valence-corrected chi connectivity index (χ4v) is 3.00. The fraction of sp³-hybridized carbons (Fsp3) is 0.261. The highest BCUT2D eigenvalue weighted by atomic mass is 16.5. The van der Waals surface area contributed by atoms with E-state index >= 15 is 0 Å². The molecule has 0 bridgehead atoms. The highest BCUT2D eigenvalue weighted by Crippen LogP contribution is 2.28. The number of rotatable bonds is 6. The van der Waals surface area contributed by atoms with E-state index in [1.807, 2.05) is 0 Å². The van der Waals surface area contributed by atoms with E-state index in [0.29, 0.717) is 22.5 Å². The number of esters is 2. The second-order valence-electron chi connectivity index (χ2n) is 7.05. The first-order valence-electron chi connectivity index (χ1n) is 9.93. The van der Waals surface area contributed by atoms with Crippen molar-refractivity contribution in [1.29, 1.82) is 0 Å². The number of benzene rings is 1. The Balaban J connectivity index is 1.71. The van der Waals surface area contributed by atoms with E-state index in [1.54, 1.807) is 37.3 Å². The molecular weight excluding hydrogens is 428 g/mol. The Labute approximate surface area is 189 Å². The van der Waals surface area contributed by atoms with Crippen LogP contribution >= 0.6 is 0 Å². The summed E-state index contributed by atoms with van der Waals surface area (Å²) in [4.78, 5) is 44.2. The lowest BCUT2D eigenvalue weighted by Crippen LogP contribution is -2.41. The molecule has 0 unspecified atom stereocenters. The highest BCUT2D eigenvalue weighted by molar-refractivity contribution is 5.97. The summed E-state index contributed by atoms with van der Waals surface area (Å²) in [7, 11) is 2.44. The predicted molar refractivity (Wildman–Crippen MR) is 116 cm³/mol. The average Bonchev–Trinajstić information content (AvgIpc) is 3.21. The molecule has 2 aliphatic heterocycles. The highest BCUT2D eigenvalue weighted by Gasteiger charge is 2.23. The number of amides is 1. The van der Waals surface area contributed by atoms with E-state index in [4.69, 9.17) is 4.74 Å². The van der Waals surface area contributed by atoms with Crippen LogP contribution in [0.1, 0.15) is 34.5 Å². The molecule has 0 radical (unpaired) electrons. The van der Waals surface area contributed by atoms with Gasteiger partial charge in [-0.3, -0.25) is 9.59 Å². The maximum atomic E-state index is 12.5. The Bertz CT molecular complexity index is 1210. The Morgan fingerprint density at radius 3 is 2.58 bits per heavy atom. The first kappa shape index (κ1) is 23.3. The zero-order valence-electron chi connectivity index (χ0n) is 18.3. The predicted octanol–water partition coefficient (Wildman–Crippen LogP) is 1.48. The number of nitrogens with zero attached hydrogens (tertiary/aromatic N) is 3. The van der Waals surface area contributed by atoms with Gasteiger partial charge in [-0.15, -0.1) is 0 Å². The summed E-state index contributed by atoms with van der Waals surface area (Å²) >= 11 is 0. The first-order chi connectivity index (χ1) is 15.8. The molecule has 33 heavy (non-hydrogen) atoms. The van der Waals surface area contributed by atoms with Crippen LogP contribution in [0.5, 0.6) is 5.88 Å². The number of carbonyl (C=O) groups is 3. The number of hydrogen-bond donors (Lipinski definition) is 2. The largest absolute Gasteiger partial charge is 0.493 e. The molecule has 1 aromatic rings. The summed E-state index contributed by atoms with van der Waals surface area (Å²) in [6.45, 7) is 1.81. The number of fused-ring (bicyclic) bond motifs is 1. The molecule has 1 atom stereocenters. The number of aryl methyl sites for hydroxylation is 1. The van der Waals surface area contributed by atoms with Crippen molar-refractivity contribution >= 4 is 17.8 Å². The smallest absolute Gasteiger partial charge is 0.328 e. The van der Waals surface area contributed by atoms with Crippen LogP contribution in [-0.4, -0.2) is 57.7 Å². The lowest BCUT2D eigenvalue weighted by Gasteiger charge is -2.16. The summed E-state index contributed by atoms with van der Waals surface area (Å²) in [6.07, 6.45) is 1.38. The maximum Gasteiger partial charge on any atom is 0.328 e. The van der Waals surface area contributed by atoms with E-state index in [1.165, 1.54) is 25.1 Å². The summed E-state index contributed by atoms with van der Waals surface area (Å²) < 4.78 is 10.5. The van der Waals surface area contributed by atoms with E-state index in [-0.39, 0.29) is 18.7 Å². The van der Waals surface area contributed by atoms with E-state index in [9.17, 15) is 19.5 Å². The second-order valence-corrected chi connectivity index (χ2v) is 7.05. The lowest BCUT2D eigenvalue weighted by atomic mass is 10.1. The van der Waals surface area contributed by atoms with Crippen LogP contribution in [0.2, 0.25) is 0 Å². The third kappa shape index (κ3) is 5.65. The minimum absolute atomic E-state index is 0.0450. The van der Waals surface area contributed by atoms with E-state index in [0.717, 1.165) is 5.69 Å². The molecule has 0 spiro atoms. The van der Waals surface area contributed by atoms with Gasteiger partial charge in [0.2, 0.25) is 5.88 Å². The SMILES string of the molecule is COC(=O)CC[C@H](NC(=O)c1ccc(C#Cn2cnc3nc(C)cc-3c2O)cc1)C(=O)OC. The van der Waals surface area contributed by atoms with Crippen LogP contribution in [-0.2, 0) is 19.1 Å². The van der Waals surface area contributed by atoms with E-state index < -0.39 is 23.9 Å². The fourth-order valence-electron chi connectivity index (χ4n) is 3.00. The number of methoxy groups -OCH3 is 2. The van der Waals surface area contributed by atoms with Crippen molar-refractivity contribution in [2.24, 2.45) is 0 Å². The quantitative estimate of drug-likeness (QED) is 0.426. The van der Waals surface area contributed by atoms with Gasteiger partial charge in [-0.25, -0.2) is 19.3 Å². The molecule has 1 aromatic carbocycles. The second kappa shape index (κ2) is 10.3. The van der Waals surface area contributed by atoms with Crippen molar-refractivity contribution in [1.82, 2.24) is 19.9 Å². The van der Waals surface area contributed by atoms with Crippen LogP contribution in [0.3, 0.4) is 0 Å². The van der Waals surface area contributed by atoms with Crippen molar-refractivity contribution in [3.8, 4) is 29.2 Å². The van der Waals surface area contributed by atoms with Gasteiger partial charge in [0, 0.05) is 29.3 Å². The molecule has 2 aliphatic rings. The van der Waals surface area contributed by atoms with Crippen molar-refractivity contribution in [2.75, 3.05) is 14.2 Å². The van der Waals surface area contributed by atoms with Gasteiger partial charge in [-0.2, -0.15) is 0 Å². The van der Waals surface area contributed by atoms with Gasteiger partial charge in [0.1, 0.15) is 12.4 Å². The Hall–Kier alpha value is -4.39. The molecular formula is C23H22N4O6. The number of aromatic hydroxyl groups is 1. The zero-order chi connectivity index (χ0) is 24.0. The molecule has 10 nitrogen and oxygen atoms in total. The first-order valence-corrected chi connectivity index (χ1v) is 9.93. The summed E-state index contributed by atoms with van der Waals surface area (Å²) in [5, 5.41) is 12.9. The molecule has 170 valence electrons. The molecule has 2 heterocycles. The molecule has 0 saturated heterocycles. The van der Waals surface area contributed by atoms with Gasteiger partial charge in [-0.1, -0.05) is 0 Å². The summed E-state index contributed by atoms with van der Waals surface area (Å²) in [5.41, 5.74) is 2.13. The minimum Gasteiger partial charge on any atom is -0.493 e. The van der Waals surface area contributed by atoms with Crippen LogP contribution in [0, 0.1) is 18.9 Å². The van der Waals surface area contributed by atoms with E-state index in [2.05, 4.69) is 32.0 Å². The van der Waals surface area contributed by atoms with Crippen molar-refractivity contribution in [3.05, 3.63) is 53.5 Å². The molecule has 0 aromatic heterocycles. The van der Waals surface area contributed by atoms with Crippen molar-refractivity contribution in [3.63, 3.8) is 0 Å². The Kier molecular flexibility index (Phi) is 7.25. The summed E-state index contributed by atoms with van der Waals surface area (Å²) in [5.74, 6) is 1.60. The van der Waals surface area contributed by atoms with Gasteiger partial charge < -0.3 is 19.9 Å². The van der Waals surface area contributed by atoms with Crippen LogP contribution < -0.4 is 5.32 Å². The Morgan fingerprint density at radius 2 is 1.91 bits per heavy atom. The number of nitrogens with one attached hydrogen (secondary N) is 1. The van der Waals surface area contributed by atoms with Gasteiger partial charge in [0.15, 0.2) is 5.82 Å². The van der Waals surface area contributed by atoms with Crippen LogP contribution in [0.4, 0.5) is 0 Å². The normalized spacial score (nSPS) is 11.2. The zero-order valence-corrected chi connectivity index (χ0v) is 18.3. The molecule has 0 aliphatic carbocycles. The minimum atomic E-state index is -0.989. The third-order valence-electron chi connectivity index (χ3n) is 4.76. The van der Waals surface area contributed by atoms with Gasteiger partial charge in [-0.05, 0) is 49.6 Å². The monoisotopic (exact) mass is 450 g/mol. The van der Waals surface area contributed by atoms with Crippen molar-refractivity contribution in [2.45, 2.75) is 25.8 Å². The Morgan fingerprint density at radius 1 is 1.18 bits per heavy atom. The topological polar surface area (TPSA) is 133 Å². The summed E-state index contributed by atoms with van der Waals surface area (Å²) in [6, 6.07) is 9.86. The number of aromatic nitrogens is 3. The molecule has 2 N–H and O–H groups in total. The number of hydrogen-bond acceptors (Lipinski definition) is 8. The molecule has 3 rings (SSSR count). The van der Waals surface area contributed by atoms with Gasteiger partial charge >= 0.3 is 11.9 Å². The molecule has 0 saturated carbocycles. The van der Waals surface area contributed by atoms with Crippen molar-refractivity contribution < 1.29 is 29.0 Å². The number of ether oxygens (including phenoxy) is 2. The van der Waals surface area contributed by atoms with Gasteiger partial charge in [0.25, 0.3) is 5.91 Å². The van der Waals surface area contributed by atoms with Gasteiger partial charge in [0.05, 0.1) is 19.8 Å². The van der Waals surface area contributed by atoms with Crippen LogP contribution in [0.25, 0.3) is 11.4 Å². The number of carbonyl (C=O) groups excluding carboxylic acids is 3. The maximum absolute atomic E-state index is 12.5. The lowest BCUT2D eigenvalue weighted by molar-refractivity contribution is -0.144. The molecule has 1 amide bonds. The molecule has 0 fully saturated rings. The third-order valence-corrected chi connectivity index (χ3v) is 4.76.